The third kappa shape index (κ3) is 4.56. The summed E-state index contributed by atoms with van der Waals surface area (Å²) in [4.78, 5) is 15.0. The molecule has 0 bridgehead atoms. The summed E-state index contributed by atoms with van der Waals surface area (Å²) < 4.78 is 28.6. The fraction of sp³-hybridized carbons (Fsp3) is 0.474. The number of nitrogens with one attached hydrogen (secondary N) is 2. The van der Waals surface area contributed by atoms with Crippen molar-refractivity contribution in [2.24, 2.45) is 0 Å². The molecule has 1 amide bonds. The number of carbonyl (C=O) groups excluding carboxylic acids is 1. The minimum Gasteiger partial charge on any atom is -0.341 e. The van der Waals surface area contributed by atoms with Crippen LogP contribution < -0.4 is 4.72 Å². The van der Waals surface area contributed by atoms with Crippen LogP contribution in [0.2, 0.25) is 0 Å². The summed E-state index contributed by atoms with van der Waals surface area (Å²) in [7, 11) is -3.87. The Labute approximate surface area is 160 Å². The van der Waals surface area contributed by atoms with E-state index in [4.69, 9.17) is 0 Å². The largest absolute Gasteiger partial charge is 0.341 e. The molecule has 0 aliphatic carbocycles. The van der Waals surface area contributed by atoms with Crippen molar-refractivity contribution < 1.29 is 13.2 Å². The molecule has 1 saturated heterocycles. The van der Waals surface area contributed by atoms with Gasteiger partial charge in [0.1, 0.15) is 10.9 Å². The van der Waals surface area contributed by atoms with Gasteiger partial charge in [-0.05, 0) is 45.1 Å². The predicted octanol–water partition coefficient (Wildman–Crippen LogP) is 1.93. The van der Waals surface area contributed by atoms with Crippen molar-refractivity contribution in [3.05, 3.63) is 47.3 Å². The van der Waals surface area contributed by atoms with Gasteiger partial charge in [-0.1, -0.05) is 30.3 Å². The Bertz CT molecular complexity index is 867. The van der Waals surface area contributed by atoms with Crippen LogP contribution in [0, 0.1) is 13.8 Å². The molecule has 0 unspecified atom stereocenters. The molecular weight excluding hydrogens is 364 g/mol. The van der Waals surface area contributed by atoms with Crippen LogP contribution in [0.4, 0.5) is 0 Å². The van der Waals surface area contributed by atoms with Gasteiger partial charge in [0.25, 0.3) is 0 Å². The summed E-state index contributed by atoms with van der Waals surface area (Å²) in [5.74, 6) is -0.166. The molecular formula is C19H26N4O3S. The third-order valence-electron chi connectivity index (χ3n) is 4.88. The first-order valence-electron chi connectivity index (χ1n) is 9.25. The first-order chi connectivity index (χ1) is 12.9. The number of rotatable bonds is 6. The van der Waals surface area contributed by atoms with Gasteiger partial charge in [0.2, 0.25) is 15.9 Å². The van der Waals surface area contributed by atoms with Crippen LogP contribution in [0.1, 0.15) is 36.2 Å². The van der Waals surface area contributed by atoms with E-state index in [1.165, 1.54) is 0 Å². The second-order valence-electron chi connectivity index (χ2n) is 7.01. The number of amides is 1. The molecule has 3 rings (SSSR count). The molecule has 1 aliphatic rings. The lowest BCUT2D eigenvalue weighted by atomic mass is 10.0. The minimum atomic E-state index is -3.87. The zero-order valence-corrected chi connectivity index (χ0v) is 16.6. The predicted molar refractivity (Wildman–Crippen MR) is 103 cm³/mol. The number of nitrogens with zero attached hydrogens (tertiary/aromatic N) is 2. The van der Waals surface area contributed by atoms with Crippen LogP contribution >= 0.6 is 0 Å². The summed E-state index contributed by atoms with van der Waals surface area (Å²) >= 11 is 0. The molecule has 1 fully saturated rings. The molecule has 2 aromatic rings. The maximum absolute atomic E-state index is 13.1. The number of carbonyl (C=O) groups is 1. The van der Waals surface area contributed by atoms with Crippen molar-refractivity contribution in [1.29, 1.82) is 0 Å². The smallest absolute Gasteiger partial charge is 0.244 e. The van der Waals surface area contributed by atoms with E-state index in [0.29, 0.717) is 30.9 Å². The van der Waals surface area contributed by atoms with Gasteiger partial charge in [-0.2, -0.15) is 9.82 Å². The summed E-state index contributed by atoms with van der Waals surface area (Å²) in [6, 6.07) is 8.63. The Morgan fingerprint density at radius 2 is 1.85 bits per heavy atom. The van der Waals surface area contributed by atoms with Gasteiger partial charge < -0.3 is 4.90 Å². The second kappa shape index (κ2) is 8.22. The second-order valence-corrected chi connectivity index (χ2v) is 8.66. The maximum Gasteiger partial charge on any atom is 0.244 e. The highest BCUT2D eigenvalue weighted by atomic mass is 32.2. The highest BCUT2D eigenvalue weighted by Gasteiger charge is 2.32. The molecule has 8 heteroatoms. The van der Waals surface area contributed by atoms with Gasteiger partial charge in [-0.3, -0.25) is 9.89 Å². The van der Waals surface area contributed by atoms with Crippen LogP contribution in [-0.2, 0) is 21.2 Å². The molecule has 2 N–H and O–H groups in total. The topological polar surface area (TPSA) is 95.2 Å². The zero-order chi connectivity index (χ0) is 19.4. The molecule has 1 aliphatic heterocycles. The van der Waals surface area contributed by atoms with Gasteiger partial charge in [-0.15, -0.1) is 0 Å². The quantitative estimate of drug-likeness (QED) is 0.788. The number of likely N-dealkylation sites (tertiary alicyclic amines) is 1. The Balaban J connectivity index is 1.88. The molecule has 1 aromatic heterocycles. The van der Waals surface area contributed by atoms with Crippen molar-refractivity contribution in [3.63, 3.8) is 0 Å². The molecule has 7 nitrogen and oxygen atoms in total. The molecule has 0 radical (unpaired) electrons. The molecule has 0 spiro atoms. The van der Waals surface area contributed by atoms with Crippen LogP contribution in [0.5, 0.6) is 0 Å². The van der Waals surface area contributed by atoms with Gasteiger partial charge in [-0.25, -0.2) is 8.42 Å². The molecule has 27 heavy (non-hydrogen) atoms. The fourth-order valence-corrected chi connectivity index (χ4v) is 5.11. The van der Waals surface area contributed by atoms with E-state index in [1.54, 1.807) is 18.7 Å². The average molecular weight is 391 g/mol. The SMILES string of the molecule is Cc1n[nH]c(C)c1S(=O)(=O)N[C@@H](Cc1ccccc1)C(=O)N1CCCCC1. The lowest BCUT2D eigenvalue weighted by molar-refractivity contribution is -0.133. The van der Waals surface area contributed by atoms with Gasteiger partial charge in [0.15, 0.2) is 0 Å². The van der Waals surface area contributed by atoms with E-state index < -0.39 is 16.1 Å². The third-order valence-corrected chi connectivity index (χ3v) is 6.61. The van der Waals surface area contributed by atoms with E-state index in [9.17, 15) is 13.2 Å². The van der Waals surface area contributed by atoms with Gasteiger partial charge in [0, 0.05) is 13.1 Å². The van der Waals surface area contributed by atoms with Crippen LogP contribution in [0.15, 0.2) is 35.2 Å². The maximum atomic E-state index is 13.1. The molecule has 1 aromatic carbocycles. The lowest BCUT2D eigenvalue weighted by Gasteiger charge is -2.30. The van der Waals surface area contributed by atoms with Gasteiger partial charge in [0.05, 0.1) is 11.4 Å². The van der Waals surface area contributed by atoms with E-state index in [2.05, 4.69) is 14.9 Å². The first-order valence-corrected chi connectivity index (χ1v) is 10.7. The van der Waals surface area contributed by atoms with Crippen molar-refractivity contribution >= 4 is 15.9 Å². The first kappa shape index (κ1) is 19.6. The number of hydrogen-bond donors (Lipinski definition) is 2. The number of H-pyrrole nitrogens is 1. The van der Waals surface area contributed by atoms with E-state index in [-0.39, 0.29) is 10.8 Å². The van der Waals surface area contributed by atoms with Crippen LogP contribution in [0.25, 0.3) is 0 Å². The summed E-state index contributed by atoms with van der Waals surface area (Å²) in [6.07, 6.45) is 3.32. The molecule has 2 heterocycles. The monoisotopic (exact) mass is 390 g/mol. The van der Waals surface area contributed by atoms with Gasteiger partial charge >= 0.3 is 0 Å². The van der Waals surface area contributed by atoms with Crippen molar-refractivity contribution in [2.45, 2.75) is 50.5 Å². The molecule has 0 saturated carbocycles. The number of benzene rings is 1. The highest BCUT2D eigenvalue weighted by Crippen LogP contribution is 2.19. The number of aromatic nitrogens is 2. The number of aromatic amines is 1. The Morgan fingerprint density at radius 1 is 1.19 bits per heavy atom. The average Bonchev–Trinajstić information content (AvgIpc) is 3.01. The number of aryl methyl sites for hydroxylation is 2. The van der Waals surface area contributed by atoms with E-state index in [0.717, 1.165) is 24.8 Å². The summed E-state index contributed by atoms with van der Waals surface area (Å²) in [5.41, 5.74) is 1.77. The lowest BCUT2D eigenvalue weighted by Crippen LogP contribution is -2.51. The van der Waals surface area contributed by atoms with Crippen molar-refractivity contribution in [1.82, 2.24) is 19.8 Å². The van der Waals surface area contributed by atoms with Crippen LogP contribution in [-0.4, -0.2) is 48.6 Å². The number of hydrogen-bond acceptors (Lipinski definition) is 4. The Hall–Kier alpha value is -2.19. The molecule has 146 valence electrons. The normalized spacial score (nSPS) is 16.3. The van der Waals surface area contributed by atoms with E-state index >= 15 is 0 Å². The summed E-state index contributed by atoms with van der Waals surface area (Å²) in [6.45, 7) is 4.65. The number of sulfonamides is 1. The Kier molecular flexibility index (Phi) is 5.96. The highest BCUT2D eigenvalue weighted by molar-refractivity contribution is 7.89. The standard InChI is InChI=1S/C19H26N4O3S/c1-14-18(15(2)21-20-14)27(25,26)22-17(13-16-9-5-3-6-10-16)19(24)23-11-7-4-8-12-23/h3,5-6,9-10,17,22H,4,7-8,11-13H2,1-2H3,(H,20,21)/t17-/m0/s1. The Morgan fingerprint density at radius 3 is 2.44 bits per heavy atom. The van der Waals surface area contributed by atoms with Crippen molar-refractivity contribution in [2.75, 3.05) is 13.1 Å². The number of piperidine rings is 1. The summed E-state index contributed by atoms with van der Waals surface area (Å²) in [5, 5.41) is 6.66. The minimum absolute atomic E-state index is 0.118. The van der Waals surface area contributed by atoms with Crippen molar-refractivity contribution in [3.8, 4) is 0 Å². The van der Waals surface area contributed by atoms with E-state index in [1.807, 2.05) is 30.3 Å². The molecule has 1 atom stereocenters. The van der Waals surface area contributed by atoms with Crippen LogP contribution in [0.3, 0.4) is 0 Å². The zero-order valence-electron chi connectivity index (χ0n) is 15.7. The fourth-order valence-electron chi connectivity index (χ4n) is 3.55.